The summed E-state index contributed by atoms with van der Waals surface area (Å²) in [5.74, 6) is -14.0. The lowest BCUT2D eigenvalue weighted by atomic mass is 9.98. The van der Waals surface area contributed by atoms with Gasteiger partial charge in [-0.25, -0.2) is 31.3 Å². The number of rotatable bonds is 6. The van der Waals surface area contributed by atoms with Gasteiger partial charge in [0.1, 0.15) is 22.9 Å². The first-order chi connectivity index (χ1) is 22.6. The van der Waals surface area contributed by atoms with Gasteiger partial charge in [-0.2, -0.15) is 13.2 Å². The van der Waals surface area contributed by atoms with Crippen molar-refractivity contribution in [3.05, 3.63) is 118 Å². The summed E-state index contributed by atoms with van der Waals surface area (Å²) in [5.41, 5.74) is -4.34. The average Bonchev–Trinajstić information content (AvgIpc) is 3.64. The van der Waals surface area contributed by atoms with Crippen LogP contribution in [0.4, 0.5) is 45.2 Å². The Morgan fingerprint density at radius 3 is 2.08 bits per heavy atom. The van der Waals surface area contributed by atoms with E-state index in [1.165, 1.54) is 57.1 Å². The van der Waals surface area contributed by atoms with E-state index in [-0.39, 0.29) is 33.4 Å². The Morgan fingerprint density at radius 2 is 1.48 bits per heavy atom. The van der Waals surface area contributed by atoms with E-state index in [0.29, 0.717) is 23.9 Å². The molecule has 0 atom stereocenters. The number of ketones is 1. The first kappa shape index (κ1) is 32.7. The van der Waals surface area contributed by atoms with Crippen LogP contribution in [0.5, 0.6) is 0 Å². The number of aryl methyl sites for hydroxylation is 1. The van der Waals surface area contributed by atoms with Crippen molar-refractivity contribution in [1.29, 1.82) is 0 Å². The Hall–Kier alpha value is -5.25. The van der Waals surface area contributed by atoms with Crippen LogP contribution in [0.2, 0.25) is 0 Å². The van der Waals surface area contributed by atoms with Gasteiger partial charge in [-0.3, -0.25) is 9.59 Å². The van der Waals surface area contributed by atoms with Gasteiger partial charge in [-0.1, -0.05) is 6.07 Å². The molecule has 246 valence electrons. The first-order valence-corrected chi connectivity index (χ1v) is 14.7. The molecule has 0 radical (unpaired) electrons. The SMILES string of the molecule is CSc1c(F)c(F)c(C(=O)Nc2c(F)cc(C(=O)c3ccc4c(-c5cc6ncn(C)c6cc5C(F)(F)F)cccn34)cc2F)c(F)c1F. The van der Waals surface area contributed by atoms with Crippen molar-refractivity contribution in [1.82, 2.24) is 14.0 Å². The van der Waals surface area contributed by atoms with Crippen LogP contribution in [0.3, 0.4) is 0 Å². The monoisotopic (exact) mass is 692 g/mol. The van der Waals surface area contributed by atoms with Crippen LogP contribution < -0.4 is 5.32 Å². The summed E-state index contributed by atoms with van der Waals surface area (Å²) in [5, 5.41) is 1.53. The number of nitrogens with one attached hydrogen (secondary N) is 1. The molecule has 6 aromatic rings. The van der Waals surface area contributed by atoms with Crippen molar-refractivity contribution in [2.45, 2.75) is 11.1 Å². The van der Waals surface area contributed by atoms with Gasteiger partial charge in [0.05, 0.1) is 39.0 Å². The van der Waals surface area contributed by atoms with E-state index in [9.17, 15) is 40.3 Å². The maximum absolute atomic E-state index is 15.1. The van der Waals surface area contributed by atoms with Crippen molar-refractivity contribution in [2.24, 2.45) is 7.05 Å². The molecule has 0 aliphatic rings. The van der Waals surface area contributed by atoms with Crippen molar-refractivity contribution in [3.63, 3.8) is 0 Å². The van der Waals surface area contributed by atoms with E-state index in [0.717, 1.165) is 12.3 Å². The van der Waals surface area contributed by atoms with E-state index in [4.69, 9.17) is 0 Å². The predicted octanol–water partition coefficient (Wildman–Crippen LogP) is 8.55. The molecule has 0 spiro atoms. The summed E-state index contributed by atoms with van der Waals surface area (Å²) in [6, 6.07) is 8.55. The zero-order valence-electron chi connectivity index (χ0n) is 24.2. The number of imidazole rings is 1. The number of hydrogen-bond acceptors (Lipinski definition) is 4. The second kappa shape index (κ2) is 11.8. The Bertz CT molecular complexity index is 2280. The standard InChI is InChI=1S/C32H17F9N4O2S/c1-44-12-42-19-10-15(16(11-22(19)44)32(39,40)41)14-4-3-7-45-20(14)5-6-21(45)29(46)13-8-17(33)28(18(34)9-13)43-31(47)23-24(35)26(37)30(48-2)27(38)25(23)36/h3-12H,1-2H3,(H,43,47). The number of nitrogens with zero attached hydrogens (tertiary/aromatic N) is 3. The van der Waals surface area contributed by atoms with Crippen LogP contribution >= 0.6 is 11.8 Å². The molecule has 3 heterocycles. The number of benzene rings is 3. The highest BCUT2D eigenvalue weighted by molar-refractivity contribution is 7.98. The number of carbonyl (C=O) groups excluding carboxylic acids is 2. The molecule has 0 unspecified atom stereocenters. The minimum Gasteiger partial charge on any atom is -0.334 e. The summed E-state index contributed by atoms with van der Waals surface area (Å²) in [4.78, 5) is 29.0. The number of aromatic nitrogens is 3. The number of carbonyl (C=O) groups is 2. The molecular weight excluding hydrogens is 675 g/mol. The normalized spacial score (nSPS) is 11.9. The van der Waals surface area contributed by atoms with Gasteiger partial charge in [-0.15, -0.1) is 11.8 Å². The number of alkyl halides is 3. The smallest absolute Gasteiger partial charge is 0.334 e. The lowest BCUT2D eigenvalue weighted by molar-refractivity contribution is -0.137. The minimum atomic E-state index is -4.77. The van der Waals surface area contributed by atoms with Gasteiger partial charge in [0.2, 0.25) is 5.78 Å². The van der Waals surface area contributed by atoms with Gasteiger partial charge >= 0.3 is 6.18 Å². The molecule has 6 nitrogen and oxygen atoms in total. The highest BCUT2D eigenvalue weighted by Crippen LogP contribution is 2.41. The largest absolute Gasteiger partial charge is 0.417 e. The predicted molar refractivity (Wildman–Crippen MR) is 158 cm³/mol. The molecule has 0 aliphatic carbocycles. The maximum atomic E-state index is 15.1. The van der Waals surface area contributed by atoms with E-state index in [1.54, 1.807) is 7.05 Å². The number of pyridine rings is 1. The van der Waals surface area contributed by atoms with Crippen LogP contribution in [0.1, 0.15) is 32.0 Å². The minimum absolute atomic E-state index is 0.0738. The molecular formula is C32H17F9N4O2S. The molecule has 0 fully saturated rings. The molecule has 3 aromatic carbocycles. The summed E-state index contributed by atoms with van der Waals surface area (Å²) in [7, 11) is 1.54. The molecule has 0 aliphatic heterocycles. The molecule has 16 heteroatoms. The summed E-state index contributed by atoms with van der Waals surface area (Å²) in [6.07, 6.45) is -0.938. The molecule has 1 amide bonds. The second-order valence-electron chi connectivity index (χ2n) is 10.4. The third-order valence-corrected chi connectivity index (χ3v) is 8.35. The fourth-order valence-electron chi connectivity index (χ4n) is 5.32. The fraction of sp³-hybridized carbons (Fsp3) is 0.0938. The van der Waals surface area contributed by atoms with E-state index < -0.39 is 80.0 Å². The lowest BCUT2D eigenvalue weighted by Crippen LogP contribution is -2.20. The fourth-order valence-corrected chi connectivity index (χ4v) is 5.86. The van der Waals surface area contributed by atoms with Crippen molar-refractivity contribution < 1.29 is 49.1 Å². The van der Waals surface area contributed by atoms with Crippen molar-refractivity contribution in [2.75, 3.05) is 11.6 Å². The topological polar surface area (TPSA) is 68.4 Å². The van der Waals surface area contributed by atoms with Crippen LogP contribution in [0, 0.1) is 34.9 Å². The van der Waals surface area contributed by atoms with Crippen molar-refractivity contribution >= 4 is 45.7 Å². The van der Waals surface area contributed by atoms with Crippen LogP contribution in [0.25, 0.3) is 27.7 Å². The number of fused-ring (bicyclic) bond motifs is 2. The Morgan fingerprint density at radius 1 is 0.833 bits per heavy atom. The van der Waals surface area contributed by atoms with Crippen LogP contribution in [-0.4, -0.2) is 31.9 Å². The van der Waals surface area contributed by atoms with Crippen molar-refractivity contribution in [3.8, 4) is 11.1 Å². The van der Waals surface area contributed by atoms with Gasteiger partial charge in [-0.05, 0) is 54.3 Å². The molecule has 1 N–H and O–H groups in total. The maximum Gasteiger partial charge on any atom is 0.417 e. The average molecular weight is 693 g/mol. The number of amides is 1. The zero-order valence-corrected chi connectivity index (χ0v) is 25.1. The summed E-state index contributed by atoms with van der Waals surface area (Å²) >= 11 is 0.322. The van der Waals surface area contributed by atoms with Gasteiger partial charge in [0.15, 0.2) is 23.3 Å². The third-order valence-electron chi connectivity index (χ3n) is 7.58. The third kappa shape index (κ3) is 5.25. The number of hydrogen-bond donors (Lipinski definition) is 1. The lowest BCUT2D eigenvalue weighted by Gasteiger charge is -2.15. The van der Waals surface area contributed by atoms with E-state index in [1.807, 2.05) is 0 Å². The van der Waals surface area contributed by atoms with Gasteiger partial charge in [0.25, 0.3) is 5.91 Å². The van der Waals surface area contributed by atoms with Crippen LogP contribution in [-0.2, 0) is 13.2 Å². The van der Waals surface area contributed by atoms with E-state index in [2.05, 4.69) is 4.98 Å². The number of anilines is 1. The zero-order chi connectivity index (χ0) is 34.8. The number of thioether (sulfide) groups is 1. The molecule has 48 heavy (non-hydrogen) atoms. The second-order valence-corrected chi connectivity index (χ2v) is 11.2. The van der Waals surface area contributed by atoms with Crippen LogP contribution in [0.15, 0.2) is 66.0 Å². The van der Waals surface area contributed by atoms with Gasteiger partial charge in [0, 0.05) is 24.4 Å². The van der Waals surface area contributed by atoms with E-state index >= 15 is 8.78 Å². The number of halogens is 9. The quantitative estimate of drug-likeness (QED) is 0.0823. The molecule has 3 aromatic heterocycles. The summed E-state index contributed by atoms with van der Waals surface area (Å²) in [6.45, 7) is 0. The first-order valence-electron chi connectivity index (χ1n) is 13.5. The molecule has 0 saturated carbocycles. The van der Waals surface area contributed by atoms with Gasteiger partial charge < -0.3 is 14.3 Å². The Kier molecular flexibility index (Phi) is 8.01. The molecule has 0 bridgehead atoms. The highest BCUT2D eigenvalue weighted by atomic mass is 32.2. The Labute approximate surface area is 267 Å². The molecule has 0 saturated heterocycles. The highest BCUT2D eigenvalue weighted by Gasteiger charge is 2.35. The Balaban J connectivity index is 1.37. The molecule has 6 rings (SSSR count). The summed E-state index contributed by atoms with van der Waals surface area (Å²) < 4.78 is 133.